The number of benzene rings is 1. The van der Waals surface area contributed by atoms with E-state index in [1.54, 1.807) is 6.20 Å². The Balaban J connectivity index is 1.91. The maximum absolute atomic E-state index is 5.69. The summed E-state index contributed by atoms with van der Waals surface area (Å²) in [4.78, 5) is 6.51. The Hall–Kier alpha value is -2.47. The number of fused-ring (bicyclic) bond motifs is 1. The van der Waals surface area contributed by atoms with Crippen molar-refractivity contribution >= 4 is 11.5 Å². The SMILES string of the molecule is Cc1nnc2c(N(C)Cc3cccc(CN)c3)nccn12. The minimum Gasteiger partial charge on any atom is -0.352 e. The molecule has 6 heteroatoms. The van der Waals surface area contributed by atoms with E-state index in [1.165, 1.54) is 5.56 Å². The molecule has 0 fully saturated rings. The fraction of sp³-hybridized carbons (Fsp3) is 0.267. The van der Waals surface area contributed by atoms with Gasteiger partial charge in [0.2, 0.25) is 5.65 Å². The molecule has 3 aromatic rings. The first-order valence-electron chi connectivity index (χ1n) is 6.84. The molecule has 0 saturated carbocycles. The van der Waals surface area contributed by atoms with Crippen molar-refractivity contribution in [3.63, 3.8) is 0 Å². The number of rotatable bonds is 4. The lowest BCUT2D eigenvalue weighted by Gasteiger charge is -2.18. The average molecular weight is 282 g/mol. The lowest BCUT2D eigenvalue weighted by atomic mass is 10.1. The van der Waals surface area contributed by atoms with Crippen LogP contribution in [-0.2, 0) is 13.1 Å². The monoisotopic (exact) mass is 282 g/mol. The molecule has 108 valence electrons. The van der Waals surface area contributed by atoms with Gasteiger partial charge in [-0.25, -0.2) is 4.98 Å². The zero-order valence-electron chi connectivity index (χ0n) is 12.2. The molecule has 0 radical (unpaired) electrons. The summed E-state index contributed by atoms with van der Waals surface area (Å²) in [5.41, 5.74) is 8.79. The van der Waals surface area contributed by atoms with E-state index in [1.807, 2.05) is 36.7 Å². The third kappa shape index (κ3) is 2.57. The number of aromatic nitrogens is 4. The van der Waals surface area contributed by atoms with Crippen LogP contribution in [0.1, 0.15) is 17.0 Å². The van der Waals surface area contributed by atoms with E-state index < -0.39 is 0 Å². The summed E-state index contributed by atoms with van der Waals surface area (Å²) in [5.74, 6) is 1.67. The Labute approximate surface area is 123 Å². The van der Waals surface area contributed by atoms with Crippen molar-refractivity contribution in [1.29, 1.82) is 0 Å². The van der Waals surface area contributed by atoms with Gasteiger partial charge in [0.15, 0.2) is 5.82 Å². The molecular formula is C15H18N6. The number of aryl methyl sites for hydroxylation is 1. The van der Waals surface area contributed by atoms with Crippen molar-refractivity contribution in [3.8, 4) is 0 Å². The summed E-state index contributed by atoms with van der Waals surface area (Å²) < 4.78 is 1.94. The van der Waals surface area contributed by atoms with Gasteiger partial charge in [0, 0.05) is 32.5 Å². The van der Waals surface area contributed by atoms with Gasteiger partial charge in [-0.3, -0.25) is 4.40 Å². The predicted molar refractivity (Wildman–Crippen MR) is 82.0 cm³/mol. The summed E-state index contributed by atoms with van der Waals surface area (Å²) in [5, 5.41) is 8.31. The van der Waals surface area contributed by atoms with Crippen LogP contribution in [-0.4, -0.2) is 26.6 Å². The standard InChI is InChI=1S/C15H18N6/c1-11-18-19-15-14(17-6-7-21(11)15)20(2)10-13-5-3-4-12(8-13)9-16/h3-8H,9-10,16H2,1-2H3. The minimum absolute atomic E-state index is 0.550. The Morgan fingerprint density at radius 2 is 2.05 bits per heavy atom. The Bertz CT molecular complexity index is 764. The number of nitrogens with zero attached hydrogens (tertiary/aromatic N) is 5. The van der Waals surface area contributed by atoms with Crippen molar-refractivity contribution in [2.75, 3.05) is 11.9 Å². The molecule has 0 saturated heterocycles. The van der Waals surface area contributed by atoms with Gasteiger partial charge in [-0.1, -0.05) is 24.3 Å². The molecular weight excluding hydrogens is 264 g/mol. The van der Waals surface area contributed by atoms with Crippen LogP contribution >= 0.6 is 0 Å². The maximum Gasteiger partial charge on any atom is 0.203 e. The van der Waals surface area contributed by atoms with E-state index in [9.17, 15) is 0 Å². The molecule has 1 aromatic carbocycles. The number of anilines is 1. The summed E-state index contributed by atoms with van der Waals surface area (Å²) in [6.45, 7) is 3.22. The normalized spacial score (nSPS) is 11.0. The smallest absolute Gasteiger partial charge is 0.203 e. The van der Waals surface area contributed by atoms with Crippen molar-refractivity contribution in [3.05, 3.63) is 53.6 Å². The number of hydrogen-bond donors (Lipinski definition) is 1. The lowest BCUT2D eigenvalue weighted by molar-refractivity contribution is 0.886. The van der Waals surface area contributed by atoms with E-state index in [4.69, 9.17) is 5.73 Å². The molecule has 0 unspecified atom stereocenters. The predicted octanol–water partition coefficient (Wildman–Crippen LogP) is 1.53. The Kier molecular flexibility index (Phi) is 3.53. The highest BCUT2D eigenvalue weighted by atomic mass is 15.3. The van der Waals surface area contributed by atoms with Crippen LogP contribution in [0.15, 0.2) is 36.7 Å². The molecule has 0 aliphatic heterocycles. The van der Waals surface area contributed by atoms with Crippen molar-refractivity contribution in [1.82, 2.24) is 19.6 Å². The summed E-state index contributed by atoms with van der Waals surface area (Å²) >= 11 is 0. The van der Waals surface area contributed by atoms with Gasteiger partial charge in [-0.05, 0) is 18.1 Å². The first kappa shape index (κ1) is 13.5. The first-order valence-corrected chi connectivity index (χ1v) is 6.84. The summed E-state index contributed by atoms with van der Waals surface area (Å²) in [6, 6.07) is 8.27. The zero-order chi connectivity index (χ0) is 14.8. The maximum atomic E-state index is 5.69. The summed E-state index contributed by atoms with van der Waals surface area (Å²) in [7, 11) is 2.00. The molecule has 2 N–H and O–H groups in total. The molecule has 0 amide bonds. The molecule has 2 heterocycles. The van der Waals surface area contributed by atoms with Gasteiger partial charge in [0.05, 0.1) is 0 Å². The van der Waals surface area contributed by atoms with Crippen LogP contribution in [0.4, 0.5) is 5.82 Å². The zero-order valence-corrected chi connectivity index (χ0v) is 12.2. The van der Waals surface area contributed by atoms with Crippen LogP contribution in [0, 0.1) is 6.92 Å². The minimum atomic E-state index is 0.550. The van der Waals surface area contributed by atoms with Crippen molar-refractivity contribution in [2.24, 2.45) is 5.73 Å². The second kappa shape index (κ2) is 5.49. The van der Waals surface area contributed by atoms with Gasteiger partial charge in [0.25, 0.3) is 0 Å². The second-order valence-electron chi connectivity index (χ2n) is 5.07. The highest BCUT2D eigenvalue weighted by Gasteiger charge is 2.12. The van der Waals surface area contributed by atoms with Crippen molar-refractivity contribution < 1.29 is 0 Å². The van der Waals surface area contributed by atoms with Crippen LogP contribution in [0.5, 0.6) is 0 Å². The van der Waals surface area contributed by atoms with Gasteiger partial charge >= 0.3 is 0 Å². The molecule has 2 aromatic heterocycles. The van der Waals surface area contributed by atoms with E-state index in [-0.39, 0.29) is 0 Å². The van der Waals surface area contributed by atoms with Crippen LogP contribution in [0.25, 0.3) is 5.65 Å². The second-order valence-corrected chi connectivity index (χ2v) is 5.07. The van der Waals surface area contributed by atoms with Crippen LogP contribution in [0.3, 0.4) is 0 Å². The highest BCUT2D eigenvalue weighted by Crippen LogP contribution is 2.18. The van der Waals surface area contributed by atoms with E-state index in [2.05, 4.69) is 32.2 Å². The largest absolute Gasteiger partial charge is 0.352 e. The number of nitrogens with two attached hydrogens (primary N) is 1. The fourth-order valence-electron chi connectivity index (χ4n) is 2.40. The fourth-order valence-corrected chi connectivity index (χ4v) is 2.40. The van der Waals surface area contributed by atoms with Crippen LogP contribution in [0.2, 0.25) is 0 Å². The quantitative estimate of drug-likeness (QED) is 0.785. The first-order chi connectivity index (χ1) is 10.2. The molecule has 0 bridgehead atoms. The van der Waals surface area contributed by atoms with Gasteiger partial charge in [0.1, 0.15) is 5.82 Å². The molecule has 0 spiro atoms. The van der Waals surface area contributed by atoms with E-state index in [0.717, 1.165) is 29.4 Å². The molecule has 0 atom stereocenters. The molecule has 0 aliphatic rings. The van der Waals surface area contributed by atoms with Gasteiger partial charge in [-0.2, -0.15) is 0 Å². The summed E-state index contributed by atoms with van der Waals surface area (Å²) in [6.07, 6.45) is 3.64. The lowest BCUT2D eigenvalue weighted by Crippen LogP contribution is -2.19. The Morgan fingerprint density at radius 3 is 2.86 bits per heavy atom. The third-order valence-corrected chi connectivity index (χ3v) is 3.49. The topological polar surface area (TPSA) is 72.3 Å². The van der Waals surface area contributed by atoms with E-state index >= 15 is 0 Å². The van der Waals surface area contributed by atoms with E-state index in [0.29, 0.717) is 6.54 Å². The van der Waals surface area contributed by atoms with Crippen molar-refractivity contribution in [2.45, 2.75) is 20.0 Å². The molecule has 3 rings (SSSR count). The Morgan fingerprint density at radius 1 is 1.24 bits per heavy atom. The average Bonchev–Trinajstić information content (AvgIpc) is 2.89. The van der Waals surface area contributed by atoms with Gasteiger partial charge in [-0.15, -0.1) is 10.2 Å². The van der Waals surface area contributed by atoms with Crippen LogP contribution < -0.4 is 10.6 Å². The molecule has 21 heavy (non-hydrogen) atoms. The third-order valence-electron chi connectivity index (χ3n) is 3.49. The molecule has 6 nitrogen and oxygen atoms in total. The number of hydrogen-bond acceptors (Lipinski definition) is 5. The highest BCUT2D eigenvalue weighted by molar-refractivity contribution is 5.63. The molecule has 0 aliphatic carbocycles. The van der Waals surface area contributed by atoms with Gasteiger partial charge < -0.3 is 10.6 Å².